The van der Waals surface area contributed by atoms with Crippen molar-refractivity contribution in [3.8, 4) is 0 Å². The van der Waals surface area contributed by atoms with Gasteiger partial charge in [0.05, 0.1) is 4.92 Å². The molecule has 9 heteroatoms. The number of halogens is 1. The zero-order chi connectivity index (χ0) is 15.6. The van der Waals surface area contributed by atoms with Gasteiger partial charge in [-0.3, -0.25) is 10.1 Å². The number of nitro benzene ring substituents is 1. The summed E-state index contributed by atoms with van der Waals surface area (Å²) in [4.78, 5) is 9.22. The molecule has 0 aromatic heterocycles. The van der Waals surface area contributed by atoms with Crippen LogP contribution in [0.5, 0.6) is 0 Å². The van der Waals surface area contributed by atoms with E-state index in [0.29, 0.717) is 12.8 Å². The van der Waals surface area contributed by atoms with Crippen molar-refractivity contribution in [2.45, 2.75) is 23.8 Å². The van der Waals surface area contributed by atoms with Gasteiger partial charge in [-0.05, 0) is 26.0 Å². The fraction of sp³-hybridized carbons (Fsp3) is 0.500. The van der Waals surface area contributed by atoms with Gasteiger partial charge in [-0.2, -0.15) is 4.31 Å². The first-order valence-corrected chi connectivity index (χ1v) is 7.92. The highest BCUT2D eigenvalue weighted by atomic mass is 32.2. The summed E-state index contributed by atoms with van der Waals surface area (Å²) in [5.41, 5.74) is -0.731. The van der Waals surface area contributed by atoms with Gasteiger partial charge in [0.25, 0.3) is 15.7 Å². The first kappa shape index (κ1) is 15.8. The number of nitro groups is 1. The van der Waals surface area contributed by atoms with E-state index in [1.165, 1.54) is 0 Å². The van der Waals surface area contributed by atoms with Crippen LogP contribution in [0, 0.1) is 15.9 Å². The lowest BCUT2D eigenvalue weighted by Gasteiger charge is -2.30. The first-order valence-electron chi connectivity index (χ1n) is 6.48. The lowest BCUT2D eigenvalue weighted by Crippen LogP contribution is -2.44. The van der Waals surface area contributed by atoms with E-state index < -0.39 is 31.3 Å². The Bertz CT molecular complexity index is 642. The average Bonchev–Trinajstić information content (AvgIpc) is 2.46. The topological polar surface area (TPSA) is 92.6 Å². The number of benzene rings is 1. The molecular weight excluding hydrogens is 301 g/mol. The average molecular weight is 317 g/mol. The van der Waals surface area contributed by atoms with Crippen LogP contribution in [0.3, 0.4) is 0 Å². The molecule has 1 aromatic carbocycles. The highest BCUT2D eigenvalue weighted by molar-refractivity contribution is 7.89. The molecule has 1 aromatic rings. The van der Waals surface area contributed by atoms with E-state index in [2.05, 4.69) is 5.32 Å². The van der Waals surface area contributed by atoms with Crippen LogP contribution in [0.4, 0.5) is 10.1 Å². The Morgan fingerprint density at radius 1 is 1.38 bits per heavy atom. The normalized spacial score (nSPS) is 17.8. The van der Waals surface area contributed by atoms with Crippen LogP contribution in [0.15, 0.2) is 23.1 Å². The fourth-order valence-electron chi connectivity index (χ4n) is 2.41. The lowest BCUT2D eigenvalue weighted by atomic mass is 10.1. The quantitative estimate of drug-likeness (QED) is 0.663. The third-order valence-electron chi connectivity index (χ3n) is 3.60. The Balaban J connectivity index is 2.39. The standard InChI is InChI=1S/C12H16FN3O4S/c1-14-9-5-7-15(8-6-9)21(19,20)12-10(13)3-2-4-11(12)16(17)18/h2-4,9,14H,5-8H2,1H3. The SMILES string of the molecule is CNC1CCN(S(=O)(=O)c2c(F)cccc2[N+](=O)[O-])CC1. The Kier molecular flexibility index (Phi) is 4.55. The molecule has 1 N–H and O–H groups in total. The van der Waals surface area contributed by atoms with Gasteiger partial charge in [0.1, 0.15) is 5.82 Å². The Hall–Kier alpha value is -1.58. The fourth-order valence-corrected chi connectivity index (χ4v) is 4.08. The number of hydrogen-bond acceptors (Lipinski definition) is 5. The largest absolute Gasteiger partial charge is 0.317 e. The molecule has 1 fully saturated rings. The van der Waals surface area contributed by atoms with Crippen LogP contribution < -0.4 is 5.32 Å². The molecule has 0 aliphatic carbocycles. The number of rotatable bonds is 4. The highest BCUT2D eigenvalue weighted by Gasteiger charge is 2.36. The molecule has 1 heterocycles. The second-order valence-electron chi connectivity index (χ2n) is 4.81. The summed E-state index contributed by atoms with van der Waals surface area (Å²) < 4.78 is 40.0. The summed E-state index contributed by atoms with van der Waals surface area (Å²) in [5, 5.41) is 14.0. The summed E-state index contributed by atoms with van der Waals surface area (Å²) >= 11 is 0. The molecule has 0 bridgehead atoms. The van der Waals surface area contributed by atoms with E-state index in [1.54, 1.807) is 7.05 Å². The molecular formula is C12H16FN3O4S. The molecule has 2 rings (SSSR count). The molecule has 7 nitrogen and oxygen atoms in total. The van der Waals surface area contributed by atoms with Crippen LogP contribution >= 0.6 is 0 Å². The van der Waals surface area contributed by atoms with Crippen molar-refractivity contribution in [3.63, 3.8) is 0 Å². The Morgan fingerprint density at radius 2 is 2.00 bits per heavy atom. The molecule has 0 saturated carbocycles. The minimum absolute atomic E-state index is 0.201. The minimum atomic E-state index is -4.21. The van der Waals surface area contributed by atoms with E-state index in [1.807, 2.05) is 0 Å². The number of sulfonamides is 1. The Labute approximate surface area is 122 Å². The molecule has 0 spiro atoms. The molecule has 0 amide bonds. The maximum Gasteiger partial charge on any atom is 0.292 e. The third kappa shape index (κ3) is 3.04. The molecule has 0 unspecified atom stereocenters. The van der Waals surface area contributed by atoms with Gasteiger partial charge < -0.3 is 5.32 Å². The highest BCUT2D eigenvalue weighted by Crippen LogP contribution is 2.30. The molecule has 0 radical (unpaired) electrons. The van der Waals surface area contributed by atoms with Gasteiger partial charge in [-0.25, -0.2) is 12.8 Å². The predicted molar refractivity (Wildman–Crippen MR) is 73.9 cm³/mol. The molecule has 1 saturated heterocycles. The minimum Gasteiger partial charge on any atom is -0.317 e. The summed E-state index contributed by atoms with van der Waals surface area (Å²) in [6.45, 7) is 0.415. The maximum atomic E-state index is 13.9. The van der Waals surface area contributed by atoms with E-state index in [0.717, 1.165) is 22.5 Å². The van der Waals surface area contributed by atoms with Crippen molar-refractivity contribution in [2.75, 3.05) is 20.1 Å². The second kappa shape index (κ2) is 6.04. The van der Waals surface area contributed by atoms with E-state index in [4.69, 9.17) is 0 Å². The molecule has 0 atom stereocenters. The number of nitrogens with zero attached hydrogens (tertiary/aromatic N) is 2. The van der Waals surface area contributed by atoms with Crippen molar-refractivity contribution >= 4 is 15.7 Å². The maximum absolute atomic E-state index is 13.9. The molecule has 116 valence electrons. The number of nitrogens with one attached hydrogen (secondary N) is 1. The molecule has 1 aliphatic rings. The number of hydrogen-bond donors (Lipinski definition) is 1. The molecule has 1 aliphatic heterocycles. The summed E-state index contributed by atoms with van der Waals surface area (Å²) in [6.07, 6.45) is 1.16. The smallest absolute Gasteiger partial charge is 0.292 e. The van der Waals surface area contributed by atoms with Crippen LogP contribution in [0.1, 0.15) is 12.8 Å². The lowest BCUT2D eigenvalue weighted by molar-refractivity contribution is -0.388. The van der Waals surface area contributed by atoms with Crippen molar-refractivity contribution in [1.29, 1.82) is 0 Å². The predicted octanol–water partition coefficient (Wildman–Crippen LogP) is 1.11. The van der Waals surface area contributed by atoms with Crippen molar-refractivity contribution in [1.82, 2.24) is 9.62 Å². The van der Waals surface area contributed by atoms with Gasteiger partial charge in [0, 0.05) is 25.2 Å². The van der Waals surface area contributed by atoms with Crippen LogP contribution in [-0.4, -0.2) is 43.8 Å². The van der Waals surface area contributed by atoms with Gasteiger partial charge in [-0.1, -0.05) is 6.07 Å². The van der Waals surface area contributed by atoms with Crippen LogP contribution in [0.2, 0.25) is 0 Å². The summed E-state index contributed by atoms with van der Waals surface area (Å²) in [6, 6.07) is 3.24. The number of piperidine rings is 1. The van der Waals surface area contributed by atoms with Gasteiger partial charge in [-0.15, -0.1) is 0 Å². The van der Waals surface area contributed by atoms with Crippen LogP contribution in [-0.2, 0) is 10.0 Å². The third-order valence-corrected chi connectivity index (χ3v) is 5.57. The van der Waals surface area contributed by atoms with E-state index >= 15 is 0 Å². The summed E-state index contributed by atoms with van der Waals surface area (Å²) in [7, 11) is -2.42. The second-order valence-corrected chi connectivity index (χ2v) is 6.69. The Morgan fingerprint density at radius 3 is 2.52 bits per heavy atom. The van der Waals surface area contributed by atoms with Crippen LogP contribution in [0.25, 0.3) is 0 Å². The van der Waals surface area contributed by atoms with Gasteiger partial charge >= 0.3 is 0 Å². The zero-order valence-electron chi connectivity index (χ0n) is 11.5. The van der Waals surface area contributed by atoms with Crippen molar-refractivity contribution in [3.05, 3.63) is 34.1 Å². The van der Waals surface area contributed by atoms with E-state index in [-0.39, 0.29) is 19.1 Å². The monoisotopic (exact) mass is 317 g/mol. The van der Waals surface area contributed by atoms with Crippen molar-refractivity contribution in [2.24, 2.45) is 0 Å². The zero-order valence-corrected chi connectivity index (χ0v) is 12.3. The molecule has 21 heavy (non-hydrogen) atoms. The van der Waals surface area contributed by atoms with E-state index in [9.17, 15) is 22.9 Å². The summed E-state index contributed by atoms with van der Waals surface area (Å²) in [5.74, 6) is -1.10. The van der Waals surface area contributed by atoms with Gasteiger partial charge in [0.2, 0.25) is 0 Å². The van der Waals surface area contributed by atoms with Crippen molar-refractivity contribution < 1.29 is 17.7 Å². The van der Waals surface area contributed by atoms with Gasteiger partial charge in [0.15, 0.2) is 4.90 Å². The first-order chi connectivity index (χ1) is 9.87.